The average Bonchev–Trinajstić information content (AvgIpc) is 3.87. The molecule has 2 aromatic heterocycles. The largest absolute Gasteiger partial charge is 0.444 e. The highest BCUT2D eigenvalue weighted by atomic mass is 32.1. The van der Waals surface area contributed by atoms with Gasteiger partial charge in [0.15, 0.2) is 0 Å². The molecule has 1 aliphatic heterocycles. The summed E-state index contributed by atoms with van der Waals surface area (Å²) in [6.45, 7) is 4.72. The molecule has 1 saturated heterocycles. The molecular formula is C36H45N7O5S2. The van der Waals surface area contributed by atoms with Crippen molar-refractivity contribution in [3.05, 3.63) is 105 Å². The van der Waals surface area contributed by atoms with Crippen molar-refractivity contribution < 1.29 is 23.9 Å². The zero-order valence-electron chi connectivity index (χ0n) is 28.3. The smallest absolute Gasteiger partial charge is 0.410 e. The van der Waals surface area contributed by atoms with E-state index in [1.54, 1.807) is 40.3 Å². The summed E-state index contributed by atoms with van der Waals surface area (Å²) in [5.74, 6) is -0.263. The number of morpholine rings is 1. The number of hydrogen-bond acceptors (Lipinski definition) is 10. The number of rotatable bonds is 17. The molecule has 5 rings (SSSR count). The Morgan fingerprint density at radius 2 is 1.54 bits per heavy atom. The molecule has 2 aromatic carbocycles. The van der Waals surface area contributed by atoms with E-state index in [1.807, 2.05) is 60.7 Å². The molecule has 0 bridgehead atoms. The molecule has 4 amide bonds. The lowest BCUT2D eigenvalue weighted by Gasteiger charge is -2.30. The first-order valence-corrected chi connectivity index (χ1v) is 18.5. The molecule has 0 unspecified atom stereocenters. The Kier molecular flexibility index (Phi) is 14.6. The first-order valence-electron chi connectivity index (χ1n) is 16.8. The van der Waals surface area contributed by atoms with Crippen LogP contribution in [0, 0.1) is 0 Å². The minimum Gasteiger partial charge on any atom is -0.444 e. The average molecular weight is 720 g/mol. The van der Waals surface area contributed by atoms with Gasteiger partial charge in [-0.15, -0.1) is 22.7 Å². The number of amides is 4. The second-order valence-electron chi connectivity index (χ2n) is 12.2. The van der Waals surface area contributed by atoms with Crippen LogP contribution in [-0.4, -0.2) is 101 Å². The maximum absolute atomic E-state index is 14.1. The fourth-order valence-corrected chi connectivity index (χ4v) is 6.76. The van der Waals surface area contributed by atoms with Crippen molar-refractivity contribution >= 4 is 40.7 Å². The molecule has 1 fully saturated rings. The molecule has 3 heterocycles. The Morgan fingerprint density at radius 3 is 2.20 bits per heavy atom. The van der Waals surface area contributed by atoms with E-state index in [0.29, 0.717) is 58.7 Å². The number of carbonyl (C=O) groups is 3. The van der Waals surface area contributed by atoms with Gasteiger partial charge in [0.2, 0.25) is 5.91 Å². The molecular weight excluding hydrogens is 675 g/mol. The van der Waals surface area contributed by atoms with Crippen LogP contribution >= 0.6 is 22.7 Å². The number of benzene rings is 2. The van der Waals surface area contributed by atoms with Crippen LogP contribution in [0.4, 0.5) is 9.59 Å². The highest BCUT2D eigenvalue weighted by molar-refractivity contribution is 7.09. The van der Waals surface area contributed by atoms with Gasteiger partial charge in [-0.1, -0.05) is 60.7 Å². The van der Waals surface area contributed by atoms with Crippen molar-refractivity contribution in [2.45, 2.75) is 51.0 Å². The summed E-state index contributed by atoms with van der Waals surface area (Å²) in [7, 11) is 1.71. The van der Waals surface area contributed by atoms with Crippen molar-refractivity contribution in [1.82, 2.24) is 35.3 Å². The Bertz CT molecular complexity index is 1570. The molecule has 0 saturated carbocycles. The molecule has 12 nitrogen and oxygen atoms in total. The topological polar surface area (TPSA) is 129 Å². The van der Waals surface area contributed by atoms with Gasteiger partial charge in [-0.25, -0.2) is 9.59 Å². The van der Waals surface area contributed by atoms with Gasteiger partial charge in [0.1, 0.15) is 12.6 Å². The van der Waals surface area contributed by atoms with Crippen molar-refractivity contribution in [3.63, 3.8) is 0 Å². The third-order valence-electron chi connectivity index (χ3n) is 8.39. The molecule has 14 heteroatoms. The van der Waals surface area contributed by atoms with Crippen molar-refractivity contribution in [2.75, 3.05) is 46.4 Å². The fourth-order valence-electron chi connectivity index (χ4n) is 5.60. The first kappa shape index (κ1) is 36.9. The van der Waals surface area contributed by atoms with Crippen molar-refractivity contribution in [2.24, 2.45) is 0 Å². The minimum absolute atomic E-state index is 0.140. The van der Waals surface area contributed by atoms with Crippen LogP contribution in [0.15, 0.2) is 84.1 Å². The molecule has 2 atom stereocenters. The number of urea groups is 1. The third kappa shape index (κ3) is 12.2. The number of thiazole rings is 2. The number of nitrogens with zero attached hydrogens (tertiary/aromatic N) is 5. The van der Waals surface area contributed by atoms with Crippen LogP contribution in [0.5, 0.6) is 0 Å². The van der Waals surface area contributed by atoms with Gasteiger partial charge in [-0.2, -0.15) is 0 Å². The van der Waals surface area contributed by atoms with E-state index in [1.165, 1.54) is 22.7 Å². The van der Waals surface area contributed by atoms with Gasteiger partial charge in [-0.05, 0) is 30.4 Å². The highest BCUT2D eigenvalue weighted by Crippen LogP contribution is 2.15. The summed E-state index contributed by atoms with van der Waals surface area (Å²) in [5.41, 5.74) is 5.46. The second-order valence-corrected chi connectivity index (χ2v) is 14.1. The van der Waals surface area contributed by atoms with Crippen molar-refractivity contribution in [3.8, 4) is 0 Å². The van der Waals surface area contributed by atoms with Gasteiger partial charge >= 0.3 is 12.1 Å². The Morgan fingerprint density at radius 1 is 0.880 bits per heavy atom. The monoisotopic (exact) mass is 719 g/mol. The lowest BCUT2D eigenvalue weighted by molar-refractivity contribution is -0.124. The number of hydrogen-bond donors (Lipinski definition) is 2. The van der Waals surface area contributed by atoms with Crippen LogP contribution < -0.4 is 10.6 Å². The third-order valence-corrected chi connectivity index (χ3v) is 9.91. The lowest BCUT2D eigenvalue weighted by Crippen LogP contribution is -2.54. The van der Waals surface area contributed by atoms with E-state index >= 15 is 0 Å². The second kappa shape index (κ2) is 19.7. The molecule has 50 heavy (non-hydrogen) atoms. The summed E-state index contributed by atoms with van der Waals surface area (Å²) in [4.78, 5) is 56.3. The predicted octanol–water partition coefficient (Wildman–Crippen LogP) is 4.79. The summed E-state index contributed by atoms with van der Waals surface area (Å²) in [6.07, 6.45) is 4.45. The maximum Gasteiger partial charge on any atom is 0.410 e. The summed E-state index contributed by atoms with van der Waals surface area (Å²) in [6, 6.07) is 18.3. The van der Waals surface area contributed by atoms with E-state index in [2.05, 4.69) is 25.5 Å². The van der Waals surface area contributed by atoms with Crippen LogP contribution in [0.1, 0.15) is 33.7 Å². The zero-order valence-corrected chi connectivity index (χ0v) is 29.9. The molecule has 1 aliphatic rings. The zero-order chi connectivity index (χ0) is 35.0. The quantitative estimate of drug-likeness (QED) is 0.160. The van der Waals surface area contributed by atoms with E-state index < -0.39 is 12.1 Å². The molecule has 266 valence electrons. The van der Waals surface area contributed by atoms with Crippen LogP contribution in [-0.2, 0) is 40.4 Å². The predicted molar refractivity (Wildman–Crippen MR) is 194 cm³/mol. The van der Waals surface area contributed by atoms with Gasteiger partial charge in [0, 0.05) is 63.1 Å². The molecule has 2 N–H and O–H groups in total. The van der Waals surface area contributed by atoms with Gasteiger partial charge in [-0.3, -0.25) is 19.7 Å². The molecule has 0 radical (unpaired) electrons. The molecule has 4 aromatic rings. The Labute approximate surface area is 301 Å². The lowest BCUT2D eigenvalue weighted by atomic mass is 10.0. The number of nitrogens with one attached hydrogen (secondary N) is 2. The van der Waals surface area contributed by atoms with Gasteiger partial charge in [0.25, 0.3) is 0 Å². The molecule has 0 aliphatic carbocycles. The highest BCUT2D eigenvalue weighted by Gasteiger charge is 2.27. The van der Waals surface area contributed by atoms with E-state index in [-0.39, 0.29) is 24.6 Å². The first-order chi connectivity index (χ1) is 24.4. The van der Waals surface area contributed by atoms with Gasteiger partial charge < -0.3 is 29.9 Å². The van der Waals surface area contributed by atoms with E-state index in [9.17, 15) is 14.4 Å². The van der Waals surface area contributed by atoms with Crippen LogP contribution in [0.25, 0.3) is 0 Å². The van der Waals surface area contributed by atoms with Gasteiger partial charge in [0.05, 0.1) is 35.7 Å². The Hall–Kier alpha value is -4.37. The number of carbonyl (C=O) groups excluding carboxylic acids is 3. The van der Waals surface area contributed by atoms with E-state index in [4.69, 9.17) is 9.47 Å². The van der Waals surface area contributed by atoms with Crippen molar-refractivity contribution in [1.29, 1.82) is 0 Å². The number of aromatic nitrogens is 2. The summed E-state index contributed by atoms with van der Waals surface area (Å²) >= 11 is 2.90. The maximum atomic E-state index is 14.1. The van der Waals surface area contributed by atoms with Crippen LogP contribution in [0.2, 0.25) is 0 Å². The number of ether oxygens (including phenoxy) is 2. The molecule has 0 spiro atoms. The summed E-state index contributed by atoms with van der Waals surface area (Å²) < 4.78 is 11.2. The normalized spacial score (nSPS) is 14.3. The van der Waals surface area contributed by atoms with Crippen LogP contribution in [0.3, 0.4) is 0 Å². The minimum atomic E-state index is -0.766. The standard InChI is InChI=1S/C36H45N7O5S2/c1-41(24-31-21-37-26-49-31)35(45)40-33(13-14-42-16-18-47-19-17-42)34(44)39-30(20-28-8-4-2-5-9-28)12-15-43(23-29-10-6-3-7-11-29)36(46)48-25-32-22-38-27-50-32/h2-11,21-22,26-27,30,33H,12-20,23-25H2,1H3,(H,39,44)(H,40,45)/t30-,33+/m1/s1. The van der Waals surface area contributed by atoms with E-state index in [0.717, 1.165) is 34.0 Å². The summed E-state index contributed by atoms with van der Waals surface area (Å²) in [5, 5.41) is 6.24. The SMILES string of the molecule is CN(Cc1cncs1)C(=O)N[C@@H](CCN1CCOCC1)C(=O)N[C@H](CCN(Cc1ccccc1)C(=O)OCc1cncs1)Cc1ccccc1. The Balaban J connectivity index is 1.29. The fraction of sp³-hybridized carbons (Fsp3) is 0.417.